The second-order valence-corrected chi connectivity index (χ2v) is 9.96. The quantitative estimate of drug-likeness (QED) is 0.635. The Labute approximate surface area is 195 Å². The van der Waals surface area contributed by atoms with E-state index < -0.39 is 0 Å². The van der Waals surface area contributed by atoms with Crippen LogP contribution in [-0.2, 0) is 10.2 Å². The Morgan fingerprint density at radius 1 is 1.16 bits per heavy atom. The fourth-order valence-corrected chi connectivity index (χ4v) is 4.28. The van der Waals surface area contributed by atoms with Gasteiger partial charge < -0.3 is 15.0 Å². The molecule has 1 N–H and O–H groups in total. The van der Waals surface area contributed by atoms with E-state index in [0.29, 0.717) is 36.9 Å². The van der Waals surface area contributed by atoms with Crippen molar-refractivity contribution in [2.45, 2.75) is 44.1 Å². The summed E-state index contributed by atoms with van der Waals surface area (Å²) in [5.41, 5.74) is 1.98. The molecule has 0 aliphatic carbocycles. The number of carbonyl (C=O) groups is 2. The van der Waals surface area contributed by atoms with E-state index >= 15 is 0 Å². The van der Waals surface area contributed by atoms with Gasteiger partial charge in [-0.3, -0.25) is 9.59 Å². The van der Waals surface area contributed by atoms with Crippen LogP contribution >= 0.6 is 11.8 Å². The summed E-state index contributed by atoms with van der Waals surface area (Å²) in [6.07, 6.45) is 5.38. The van der Waals surface area contributed by atoms with Gasteiger partial charge in [-0.25, -0.2) is 4.98 Å². The van der Waals surface area contributed by atoms with Crippen LogP contribution in [0.1, 0.15) is 49.5 Å². The Hall–Kier alpha value is -2.54. The number of pyridine rings is 1. The minimum Gasteiger partial charge on any atom is -0.484 e. The fourth-order valence-electron chi connectivity index (χ4n) is 3.74. The number of hydrogen-bond donors (Lipinski definition) is 1. The minimum atomic E-state index is -0.122. The second-order valence-electron chi connectivity index (χ2n) is 9.16. The molecule has 1 fully saturated rings. The van der Waals surface area contributed by atoms with Gasteiger partial charge in [0.2, 0.25) is 0 Å². The number of piperidine rings is 1. The molecule has 0 bridgehead atoms. The topological polar surface area (TPSA) is 71.5 Å². The number of hydrogen-bond acceptors (Lipinski definition) is 5. The average molecular weight is 456 g/mol. The van der Waals surface area contributed by atoms with Crippen molar-refractivity contribution in [3.05, 3.63) is 53.7 Å². The Morgan fingerprint density at radius 2 is 1.84 bits per heavy atom. The van der Waals surface area contributed by atoms with Crippen molar-refractivity contribution in [1.82, 2.24) is 15.2 Å². The number of benzene rings is 1. The number of nitrogens with one attached hydrogen (secondary N) is 1. The van der Waals surface area contributed by atoms with Gasteiger partial charge in [-0.1, -0.05) is 32.9 Å². The van der Waals surface area contributed by atoms with Crippen molar-refractivity contribution in [2.75, 3.05) is 32.5 Å². The first kappa shape index (κ1) is 24.1. The molecule has 0 atom stereocenters. The summed E-state index contributed by atoms with van der Waals surface area (Å²) in [4.78, 5) is 31.2. The van der Waals surface area contributed by atoms with Crippen molar-refractivity contribution in [3.8, 4) is 5.75 Å². The van der Waals surface area contributed by atoms with Crippen LogP contribution in [0, 0.1) is 5.92 Å². The number of ether oxygens (including phenoxy) is 1. The lowest BCUT2D eigenvalue weighted by atomic mass is 9.87. The number of amides is 2. The molecule has 6 nitrogen and oxygen atoms in total. The molecule has 2 amide bonds. The zero-order chi connectivity index (χ0) is 23.1. The molecule has 1 aromatic carbocycles. The Morgan fingerprint density at radius 3 is 2.47 bits per heavy atom. The normalized spacial score (nSPS) is 14.8. The first-order chi connectivity index (χ1) is 15.3. The number of rotatable bonds is 7. The number of aromatic nitrogens is 1. The van der Waals surface area contributed by atoms with E-state index in [9.17, 15) is 9.59 Å². The van der Waals surface area contributed by atoms with Crippen LogP contribution in [0.5, 0.6) is 5.75 Å². The Balaban J connectivity index is 1.39. The third-order valence-electron chi connectivity index (χ3n) is 5.77. The van der Waals surface area contributed by atoms with Crippen LogP contribution in [0.15, 0.2) is 47.6 Å². The van der Waals surface area contributed by atoms with Crippen molar-refractivity contribution < 1.29 is 14.3 Å². The molecule has 0 spiro atoms. The number of carbonyl (C=O) groups excluding carboxylic acids is 2. The van der Waals surface area contributed by atoms with Gasteiger partial charge in [0.05, 0.1) is 5.56 Å². The van der Waals surface area contributed by atoms with E-state index in [-0.39, 0.29) is 23.8 Å². The monoisotopic (exact) mass is 455 g/mol. The summed E-state index contributed by atoms with van der Waals surface area (Å²) >= 11 is 1.49. The predicted molar refractivity (Wildman–Crippen MR) is 128 cm³/mol. The lowest BCUT2D eigenvalue weighted by Crippen LogP contribution is -2.42. The van der Waals surface area contributed by atoms with Crippen LogP contribution in [0.4, 0.5) is 0 Å². The van der Waals surface area contributed by atoms with Gasteiger partial charge in [0.1, 0.15) is 10.8 Å². The smallest absolute Gasteiger partial charge is 0.257 e. The molecule has 3 rings (SSSR count). The van der Waals surface area contributed by atoms with Gasteiger partial charge >= 0.3 is 0 Å². The average Bonchev–Trinajstić information content (AvgIpc) is 2.81. The summed E-state index contributed by atoms with van der Waals surface area (Å²) < 4.78 is 5.62. The van der Waals surface area contributed by atoms with Gasteiger partial charge in [-0.05, 0) is 60.3 Å². The van der Waals surface area contributed by atoms with E-state index in [1.807, 2.05) is 41.5 Å². The zero-order valence-electron chi connectivity index (χ0n) is 19.4. The van der Waals surface area contributed by atoms with Crippen LogP contribution < -0.4 is 10.1 Å². The lowest BCUT2D eigenvalue weighted by molar-refractivity contribution is -0.123. The molecule has 0 saturated carbocycles. The van der Waals surface area contributed by atoms with Gasteiger partial charge in [-0.2, -0.15) is 0 Å². The first-order valence-corrected chi connectivity index (χ1v) is 12.3. The third kappa shape index (κ3) is 6.48. The predicted octanol–water partition coefficient (Wildman–Crippen LogP) is 4.15. The first-order valence-electron chi connectivity index (χ1n) is 11.1. The fraction of sp³-hybridized carbons (Fsp3) is 0.480. The highest BCUT2D eigenvalue weighted by Crippen LogP contribution is 2.25. The molecular formula is C25H33N3O3S. The molecule has 0 radical (unpaired) electrons. The van der Waals surface area contributed by atoms with Gasteiger partial charge in [-0.15, -0.1) is 11.8 Å². The van der Waals surface area contributed by atoms with Gasteiger partial charge in [0.25, 0.3) is 11.8 Å². The van der Waals surface area contributed by atoms with E-state index in [2.05, 4.69) is 31.1 Å². The molecule has 0 unspecified atom stereocenters. The maximum atomic E-state index is 12.8. The van der Waals surface area contributed by atoms with Crippen molar-refractivity contribution >= 4 is 23.6 Å². The number of thioether (sulfide) groups is 1. The van der Waals surface area contributed by atoms with Crippen LogP contribution in [0.3, 0.4) is 0 Å². The number of nitrogens with zero attached hydrogens (tertiary/aromatic N) is 2. The maximum Gasteiger partial charge on any atom is 0.257 e. The molecule has 2 aromatic rings. The standard InChI is InChI=1S/C25H33N3O3S/c1-25(2,3)19-7-9-20(10-8-19)31-17-22(29)27-16-18-11-14-28(15-12-18)24(30)21-6-5-13-26-23(21)32-4/h5-10,13,18H,11-12,14-17H2,1-4H3,(H,27,29). The van der Waals surface area contributed by atoms with E-state index in [4.69, 9.17) is 4.74 Å². The summed E-state index contributed by atoms with van der Waals surface area (Å²) in [5.74, 6) is 0.974. The van der Waals surface area contributed by atoms with Crippen LogP contribution in [0.2, 0.25) is 0 Å². The van der Waals surface area contributed by atoms with Crippen LogP contribution in [0.25, 0.3) is 0 Å². The molecule has 2 heterocycles. The van der Waals surface area contributed by atoms with Gasteiger partial charge in [0.15, 0.2) is 6.61 Å². The molecule has 1 aliphatic rings. The summed E-state index contributed by atoms with van der Waals surface area (Å²) in [5, 5.41) is 3.74. The highest BCUT2D eigenvalue weighted by molar-refractivity contribution is 7.98. The highest BCUT2D eigenvalue weighted by atomic mass is 32.2. The molecule has 1 aromatic heterocycles. The van der Waals surface area contributed by atoms with Gasteiger partial charge in [0, 0.05) is 25.8 Å². The zero-order valence-corrected chi connectivity index (χ0v) is 20.2. The summed E-state index contributed by atoms with van der Waals surface area (Å²) in [6.45, 7) is 8.49. The maximum absolute atomic E-state index is 12.8. The number of likely N-dealkylation sites (tertiary alicyclic amines) is 1. The Bertz CT molecular complexity index is 917. The van der Waals surface area contributed by atoms with Crippen molar-refractivity contribution in [2.24, 2.45) is 5.92 Å². The van der Waals surface area contributed by atoms with E-state index in [0.717, 1.165) is 17.9 Å². The van der Waals surface area contributed by atoms with Crippen LogP contribution in [-0.4, -0.2) is 54.2 Å². The molecule has 172 valence electrons. The minimum absolute atomic E-state index is 0.00463. The third-order valence-corrected chi connectivity index (χ3v) is 6.49. The Kier molecular flexibility index (Phi) is 8.18. The SMILES string of the molecule is CSc1ncccc1C(=O)N1CCC(CNC(=O)COc2ccc(C(C)(C)C)cc2)CC1. The molecule has 1 saturated heterocycles. The molecule has 32 heavy (non-hydrogen) atoms. The summed E-state index contributed by atoms with van der Waals surface area (Å²) in [6, 6.07) is 11.5. The van der Waals surface area contributed by atoms with Crippen molar-refractivity contribution in [1.29, 1.82) is 0 Å². The summed E-state index contributed by atoms with van der Waals surface area (Å²) in [7, 11) is 0. The van der Waals surface area contributed by atoms with Crippen molar-refractivity contribution in [3.63, 3.8) is 0 Å². The van der Waals surface area contributed by atoms with E-state index in [1.165, 1.54) is 17.3 Å². The molecular weight excluding hydrogens is 422 g/mol. The molecule has 1 aliphatic heterocycles. The lowest BCUT2D eigenvalue weighted by Gasteiger charge is -2.32. The highest BCUT2D eigenvalue weighted by Gasteiger charge is 2.25. The van der Waals surface area contributed by atoms with E-state index in [1.54, 1.807) is 12.3 Å². The second kappa shape index (κ2) is 10.9. The largest absolute Gasteiger partial charge is 0.484 e. The molecule has 7 heteroatoms.